The standard InChI is InChI=1S/C12H16F3N3O/c13-12(14,15)9-3-1-4-10(7-9)18-8-11(19)17-6-2-5-16/h1,3-4,7,18H,2,5-6,8,16H2,(H,17,19). The molecule has 0 spiro atoms. The van der Waals surface area contributed by atoms with Gasteiger partial charge >= 0.3 is 6.18 Å². The van der Waals surface area contributed by atoms with Crippen LogP contribution in [0.4, 0.5) is 18.9 Å². The van der Waals surface area contributed by atoms with E-state index in [1.54, 1.807) is 0 Å². The topological polar surface area (TPSA) is 67.1 Å². The Morgan fingerprint density at radius 3 is 2.68 bits per heavy atom. The molecule has 0 saturated heterocycles. The Morgan fingerprint density at radius 1 is 1.32 bits per heavy atom. The number of halogens is 3. The predicted octanol–water partition coefficient (Wildman–Crippen LogP) is 1.58. The fourth-order valence-corrected chi connectivity index (χ4v) is 1.38. The fourth-order valence-electron chi connectivity index (χ4n) is 1.38. The molecule has 1 amide bonds. The van der Waals surface area contributed by atoms with Gasteiger partial charge in [0.05, 0.1) is 12.1 Å². The SMILES string of the molecule is NCCCNC(=O)CNc1cccc(C(F)(F)F)c1. The molecule has 0 heterocycles. The van der Waals surface area contributed by atoms with Crippen molar-refractivity contribution in [1.82, 2.24) is 5.32 Å². The van der Waals surface area contributed by atoms with Gasteiger partial charge in [-0.2, -0.15) is 13.2 Å². The second-order valence-corrected chi connectivity index (χ2v) is 3.92. The largest absolute Gasteiger partial charge is 0.416 e. The third-order valence-electron chi connectivity index (χ3n) is 2.35. The predicted molar refractivity (Wildman–Crippen MR) is 66.6 cm³/mol. The molecule has 1 aromatic carbocycles. The summed E-state index contributed by atoms with van der Waals surface area (Å²) in [4.78, 5) is 11.3. The molecule has 1 aromatic rings. The number of anilines is 1. The van der Waals surface area contributed by atoms with E-state index in [0.29, 0.717) is 19.5 Å². The minimum absolute atomic E-state index is 0.0775. The molecule has 4 N–H and O–H groups in total. The van der Waals surface area contributed by atoms with Crippen molar-refractivity contribution in [3.8, 4) is 0 Å². The van der Waals surface area contributed by atoms with E-state index < -0.39 is 11.7 Å². The maximum Gasteiger partial charge on any atom is 0.416 e. The molecule has 7 heteroatoms. The second-order valence-electron chi connectivity index (χ2n) is 3.92. The van der Waals surface area contributed by atoms with Crippen LogP contribution in [0.3, 0.4) is 0 Å². The van der Waals surface area contributed by atoms with Gasteiger partial charge in [0.1, 0.15) is 0 Å². The number of rotatable bonds is 6. The van der Waals surface area contributed by atoms with E-state index in [4.69, 9.17) is 5.73 Å². The zero-order chi connectivity index (χ0) is 14.3. The van der Waals surface area contributed by atoms with Gasteiger partial charge in [-0.1, -0.05) is 6.07 Å². The highest BCUT2D eigenvalue weighted by Crippen LogP contribution is 2.30. The van der Waals surface area contributed by atoms with Crippen molar-refractivity contribution in [1.29, 1.82) is 0 Å². The van der Waals surface area contributed by atoms with E-state index in [0.717, 1.165) is 12.1 Å². The molecule has 0 unspecified atom stereocenters. The Bertz CT molecular complexity index is 421. The first-order chi connectivity index (χ1) is 8.93. The molecule has 19 heavy (non-hydrogen) atoms. The van der Waals surface area contributed by atoms with E-state index in [-0.39, 0.29) is 18.1 Å². The molecule has 0 aliphatic rings. The summed E-state index contributed by atoms with van der Waals surface area (Å²) in [5.41, 5.74) is 4.77. The van der Waals surface area contributed by atoms with Crippen LogP contribution >= 0.6 is 0 Å². The quantitative estimate of drug-likeness (QED) is 0.691. The van der Waals surface area contributed by atoms with Crippen LogP contribution in [-0.2, 0) is 11.0 Å². The Morgan fingerprint density at radius 2 is 2.05 bits per heavy atom. The zero-order valence-electron chi connectivity index (χ0n) is 10.3. The molecular formula is C12H16F3N3O. The number of benzene rings is 1. The summed E-state index contributed by atoms with van der Waals surface area (Å²) < 4.78 is 37.4. The number of nitrogens with one attached hydrogen (secondary N) is 2. The lowest BCUT2D eigenvalue weighted by Gasteiger charge is -2.10. The van der Waals surface area contributed by atoms with E-state index in [2.05, 4.69) is 10.6 Å². The van der Waals surface area contributed by atoms with Gasteiger partial charge in [-0.3, -0.25) is 4.79 Å². The Balaban J connectivity index is 2.47. The summed E-state index contributed by atoms with van der Waals surface area (Å²) >= 11 is 0. The van der Waals surface area contributed by atoms with Gasteiger partial charge in [0.25, 0.3) is 0 Å². The van der Waals surface area contributed by atoms with E-state index in [1.165, 1.54) is 12.1 Å². The molecule has 1 rings (SSSR count). The first-order valence-electron chi connectivity index (χ1n) is 5.81. The average molecular weight is 275 g/mol. The second kappa shape index (κ2) is 6.98. The van der Waals surface area contributed by atoms with E-state index >= 15 is 0 Å². The van der Waals surface area contributed by atoms with Crippen LogP contribution in [0.2, 0.25) is 0 Å². The molecule has 0 saturated carbocycles. The van der Waals surface area contributed by atoms with Crippen molar-refractivity contribution in [2.75, 3.05) is 25.0 Å². The van der Waals surface area contributed by atoms with Crippen molar-refractivity contribution in [3.05, 3.63) is 29.8 Å². The molecular weight excluding hydrogens is 259 g/mol. The van der Waals surface area contributed by atoms with Crippen LogP contribution < -0.4 is 16.4 Å². The maximum absolute atomic E-state index is 12.5. The Labute approximate surface area is 109 Å². The highest BCUT2D eigenvalue weighted by molar-refractivity contribution is 5.80. The first kappa shape index (κ1) is 15.3. The van der Waals surface area contributed by atoms with E-state index in [1.807, 2.05) is 0 Å². The van der Waals surface area contributed by atoms with Crippen LogP contribution in [0, 0.1) is 0 Å². The highest BCUT2D eigenvalue weighted by Gasteiger charge is 2.30. The van der Waals surface area contributed by atoms with Gasteiger partial charge in [0.15, 0.2) is 0 Å². The van der Waals surface area contributed by atoms with Crippen LogP contribution in [0.15, 0.2) is 24.3 Å². The number of carbonyl (C=O) groups is 1. The third-order valence-corrected chi connectivity index (χ3v) is 2.35. The number of hydrogen-bond donors (Lipinski definition) is 3. The van der Waals surface area contributed by atoms with Gasteiger partial charge in [-0.25, -0.2) is 0 Å². The molecule has 0 radical (unpaired) electrons. The normalized spacial score (nSPS) is 11.2. The Hall–Kier alpha value is -1.76. The summed E-state index contributed by atoms with van der Waals surface area (Å²) in [6.45, 7) is 0.854. The van der Waals surface area contributed by atoms with Crippen molar-refractivity contribution in [3.63, 3.8) is 0 Å². The van der Waals surface area contributed by atoms with Gasteiger partial charge in [0.2, 0.25) is 5.91 Å². The van der Waals surface area contributed by atoms with Crippen LogP contribution in [-0.4, -0.2) is 25.5 Å². The molecule has 0 atom stereocenters. The number of hydrogen-bond acceptors (Lipinski definition) is 3. The first-order valence-corrected chi connectivity index (χ1v) is 5.81. The minimum Gasteiger partial charge on any atom is -0.376 e. The zero-order valence-corrected chi connectivity index (χ0v) is 10.3. The molecule has 106 valence electrons. The summed E-state index contributed by atoms with van der Waals surface area (Å²) in [7, 11) is 0. The summed E-state index contributed by atoms with van der Waals surface area (Å²) in [5.74, 6) is -0.286. The molecule has 0 aromatic heterocycles. The summed E-state index contributed by atoms with van der Waals surface area (Å²) in [6, 6.07) is 4.71. The summed E-state index contributed by atoms with van der Waals surface area (Å²) in [5, 5.41) is 5.24. The van der Waals surface area contributed by atoms with Gasteiger partial charge in [0, 0.05) is 12.2 Å². The van der Waals surface area contributed by atoms with Crippen molar-refractivity contribution < 1.29 is 18.0 Å². The number of carbonyl (C=O) groups excluding carboxylic acids is 1. The highest BCUT2D eigenvalue weighted by atomic mass is 19.4. The van der Waals surface area contributed by atoms with Gasteiger partial charge in [-0.15, -0.1) is 0 Å². The lowest BCUT2D eigenvalue weighted by Crippen LogP contribution is -2.31. The van der Waals surface area contributed by atoms with Crippen molar-refractivity contribution >= 4 is 11.6 Å². The number of nitrogens with two attached hydrogens (primary N) is 1. The number of amides is 1. The van der Waals surface area contributed by atoms with Crippen molar-refractivity contribution in [2.45, 2.75) is 12.6 Å². The molecule has 0 aliphatic carbocycles. The van der Waals surface area contributed by atoms with E-state index in [9.17, 15) is 18.0 Å². The molecule has 4 nitrogen and oxygen atoms in total. The minimum atomic E-state index is -4.39. The lowest BCUT2D eigenvalue weighted by atomic mass is 10.2. The van der Waals surface area contributed by atoms with Crippen LogP contribution in [0.5, 0.6) is 0 Å². The maximum atomic E-state index is 12.5. The lowest BCUT2D eigenvalue weighted by molar-refractivity contribution is -0.137. The van der Waals surface area contributed by atoms with Crippen LogP contribution in [0.1, 0.15) is 12.0 Å². The van der Waals surface area contributed by atoms with Crippen LogP contribution in [0.25, 0.3) is 0 Å². The van der Waals surface area contributed by atoms with Crippen molar-refractivity contribution in [2.24, 2.45) is 5.73 Å². The third kappa shape index (κ3) is 5.60. The smallest absolute Gasteiger partial charge is 0.376 e. The van der Waals surface area contributed by atoms with Gasteiger partial charge < -0.3 is 16.4 Å². The fraction of sp³-hybridized carbons (Fsp3) is 0.417. The average Bonchev–Trinajstić information content (AvgIpc) is 2.36. The summed E-state index contributed by atoms with van der Waals surface area (Å²) in [6.07, 6.45) is -3.73. The molecule has 0 bridgehead atoms. The monoisotopic (exact) mass is 275 g/mol. The molecule has 0 fully saturated rings. The molecule has 0 aliphatic heterocycles. The van der Waals surface area contributed by atoms with Gasteiger partial charge in [-0.05, 0) is 31.2 Å². The Kier molecular flexibility index (Phi) is 5.62. The number of alkyl halides is 3.